The minimum absolute atomic E-state index is 0.0109. The maximum absolute atomic E-state index is 12.9. The van der Waals surface area contributed by atoms with Crippen LogP contribution in [0.25, 0.3) is 0 Å². The normalized spacial score (nSPS) is 18.3. The lowest BCUT2D eigenvalue weighted by Gasteiger charge is -2.31. The minimum Gasteiger partial charge on any atom is -0.353 e. The van der Waals surface area contributed by atoms with Crippen LogP contribution in [0.5, 0.6) is 0 Å². The van der Waals surface area contributed by atoms with Crippen molar-refractivity contribution in [2.24, 2.45) is 11.8 Å². The van der Waals surface area contributed by atoms with E-state index in [-0.39, 0.29) is 29.4 Å². The van der Waals surface area contributed by atoms with Gasteiger partial charge < -0.3 is 5.32 Å². The first kappa shape index (κ1) is 19.8. The highest BCUT2D eigenvalue weighted by Crippen LogP contribution is 2.22. The van der Waals surface area contributed by atoms with Crippen LogP contribution in [0.15, 0.2) is 24.3 Å². The van der Waals surface area contributed by atoms with Crippen molar-refractivity contribution in [2.45, 2.75) is 45.4 Å². The lowest BCUT2D eigenvalue weighted by atomic mass is 9.96. The number of nitrogens with one attached hydrogen (secondary N) is 1. The summed E-state index contributed by atoms with van der Waals surface area (Å²) in [5, 5.41) is 3.01. The van der Waals surface area contributed by atoms with E-state index in [0.29, 0.717) is 37.4 Å². The summed E-state index contributed by atoms with van der Waals surface area (Å²) in [6.45, 7) is 6.77. The number of carbonyl (C=O) groups is 1. The highest BCUT2D eigenvalue weighted by atomic mass is 32.2. The quantitative estimate of drug-likeness (QED) is 0.837. The van der Waals surface area contributed by atoms with Crippen molar-refractivity contribution in [2.75, 3.05) is 13.1 Å². The first-order valence-electron chi connectivity index (χ1n) is 8.71. The largest absolute Gasteiger partial charge is 0.353 e. The molecule has 1 atom stereocenters. The average molecular weight is 370 g/mol. The van der Waals surface area contributed by atoms with E-state index in [4.69, 9.17) is 0 Å². The second-order valence-corrected chi connectivity index (χ2v) is 9.07. The molecule has 25 heavy (non-hydrogen) atoms. The molecule has 1 heterocycles. The predicted molar refractivity (Wildman–Crippen MR) is 95.8 cm³/mol. The molecule has 1 aliphatic rings. The van der Waals surface area contributed by atoms with Crippen LogP contribution < -0.4 is 5.32 Å². The molecule has 0 spiro atoms. The van der Waals surface area contributed by atoms with E-state index >= 15 is 0 Å². The Morgan fingerprint density at radius 3 is 2.28 bits per heavy atom. The molecule has 1 aromatic carbocycles. The molecule has 0 saturated carbocycles. The smallest absolute Gasteiger partial charge is 0.223 e. The summed E-state index contributed by atoms with van der Waals surface area (Å²) in [4.78, 5) is 12.3. The van der Waals surface area contributed by atoms with Crippen molar-refractivity contribution < 1.29 is 17.6 Å². The second-order valence-electron chi connectivity index (χ2n) is 7.10. The van der Waals surface area contributed by atoms with Crippen LogP contribution in [0.3, 0.4) is 0 Å². The molecule has 2 rings (SSSR count). The summed E-state index contributed by atoms with van der Waals surface area (Å²) in [6, 6.07) is 5.60. The van der Waals surface area contributed by atoms with Gasteiger partial charge in [0.25, 0.3) is 0 Å². The molecule has 1 N–H and O–H groups in total. The molecule has 5 nitrogen and oxygen atoms in total. The molecule has 1 amide bonds. The van der Waals surface area contributed by atoms with Gasteiger partial charge in [-0.3, -0.25) is 4.79 Å². The van der Waals surface area contributed by atoms with E-state index in [1.54, 1.807) is 0 Å². The molecule has 0 aliphatic carbocycles. The molecule has 1 fully saturated rings. The number of benzene rings is 1. The van der Waals surface area contributed by atoms with Gasteiger partial charge in [0.05, 0.1) is 5.75 Å². The van der Waals surface area contributed by atoms with Crippen LogP contribution in [-0.2, 0) is 20.6 Å². The van der Waals surface area contributed by atoms with Crippen molar-refractivity contribution in [1.29, 1.82) is 0 Å². The van der Waals surface area contributed by atoms with Crippen LogP contribution in [-0.4, -0.2) is 37.8 Å². The van der Waals surface area contributed by atoms with E-state index in [2.05, 4.69) is 19.2 Å². The summed E-state index contributed by atoms with van der Waals surface area (Å²) < 4.78 is 39.4. The van der Waals surface area contributed by atoms with Gasteiger partial charge in [0.15, 0.2) is 0 Å². The van der Waals surface area contributed by atoms with Crippen molar-refractivity contribution in [1.82, 2.24) is 9.62 Å². The number of hydrogen-bond acceptors (Lipinski definition) is 3. The molecule has 7 heteroatoms. The Balaban J connectivity index is 1.90. The Hall–Kier alpha value is -1.47. The first-order valence-corrected chi connectivity index (χ1v) is 10.3. The highest BCUT2D eigenvalue weighted by Gasteiger charge is 2.31. The van der Waals surface area contributed by atoms with Crippen molar-refractivity contribution >= 4 is 15.9 Å². The number of hydrogen-bond donors (Lipinski definition) is 1. The van der Waals surface area contributed by atoms with Gasteiger partial charge in [-0.05, 0) is 43.4 Å². The molecule has 0 aromatic heterocycles. The van der Waals surface area contributed by atoms with Crippen LogP contribution in [0.2, 0.25) is 0 Å². The fourth-order valence-corrected chi connectivity index (χ4v) is 4.35. The van der Waals surface area contributed by atoms with Crippen molar-refractivity contribution in [3.05, 3.63) is 35.6 Å². The Bertz CT molecular complexity index is 681. The summed E-state index contributed by atoms with van der Waals surface area (Å²) in [6.07, 6.45) is 1.05. The topological polar surface area (TPSA) is 66.5 Å². The number of sulfonamides is 1. The van der Waals surface area contributed by atoms with Gasteiger partial charge >= 0.3 is 0 Å². The standard InChI is InChI=1S/C18H27FN2O3S/c1-13(2)14(3)20-18(22)16-8-10-21(11-9-16)25(23,24)12-15-4-6-17(19)7-5-15/h4-7,13-14,16H,8-12H2,1-3H3,(H,20,22)/t14-/m0/s1. The predicted octanol–water partition coefficient (Wildman–Crippen LogP) is 2.53. The van der Waals surface area contributed by atoms with Crippen molar-refractivity contribution in [3.63, 3.8) is 0 Å². The third-order valence-corrected chi connectivity index (χ3v) is 6.70. The van der Waals surface area contributed by atoms with Crippen LogP contribution in [0.1, 0.15) is 39.2 Å². The molecule has 140 valence electrons. The zero-order valence-corrected chi connectivity index (χ0v) is 15.9. The van der Waals surface area contributed by atoms with Gasteiger partial charge in [0.1, 0.15) is 5.82 Å². The summed E-state index contributed by atoms with van der Waals surface area (Å²) in [5.74, 6) is -0.298. The molecule has 0 unspecified atom stereocenters. The lowest BCUT2D eigenvalue weighted by Crippen LogP contribution is -2.46. The summed E-state index contributed by atoms with van der Waals surface area (Å²) in [5.41, 5.74) is 0.562. The lowest BCUT2D eigenvalue weighted by molar-refractivity contribution is -0.127. The van der Waals surface area contributed by atoms with Crippen molar-refractivity contribution in [3.8, 4) is 0 Å². The number of piperidine rings is 1. The molecule has 1 saturated heterocycles. The number of rotatable bonds is 6. The fraction of sp³-hybridized carbons (Fsp3) is 0.611. The zero-order valence-electron chi connectivity index (χ0n) is 15.0. The Morgan fingerprint density at radius 1 is 1.20 bits per heavy atom. The van der Waals surface area contributed by atoms with Gasteiger partial charge in [-0.2, -0.15) is 0 Å². The molecule has 0 radical (unpaired) electrons. The average Bonchev–Trinajstić information content (AvgIpc) is 2.56. The van der Waals surface area contributed by atoms with E-state index < -0.39 is 10.0 Å². The summed E-state index contributed by atoms with van der Waals surface area (Å²) in [7, 11) is -3.46. The summed E-state index contributed by atoms with van der Waals surface area (Å²) >= 11 is 0. The molecule has 0 bridgehead atoms. The van der Waals surface area contributed by atoms with Gasteiger partial charge in [0.2, 0.25) is 15.9 Å². The number of carbonyl (C=O) groups excluding carboxylic acids is 1. The van der Waals surface area contributed by atoms with Crippen LogP contribution >= 0.6 is 0 Å². The highest BCUT2D eigenvalue weighted by molar-refractivity contribution is 7.88. The second kappa shape index (κ2) is 8.27. The molecular formula is C18H27FN2O3S. The van der Waals surface area contributed by atoms with E-state index in [1.807, 2.05) is 6.92 Å². The third kappa shape index (κ3) is 5.51. The van der Waals surface area contributed by atoms with Crippen LogP contribution in [0.4, 0.5) is 4.39 Å². The Labute approximate surface area is 149 Å². The van der Waals surface area contributed by atoms with Gasteiger partial charge in [-0.1, -0.05) is 26.0 Å². The third-order valence-electron chi connectivity index (χ3n) is 4.85. The van der Waals surface area contributed by atoms with E-state index in [9.17, 15) is 17.6 Å². The van der Waals surface area contributed by atoms with Gasteiger partial charge in [-0.25, -0.2) is 17.1 Å². The van der Waals surface area contributed by atoms with Crippen LogP contribution in [0, 0.1) is 17.7 Å². The van der Waals surface area contributed by atoms with Gasteiger partial charge in [-0.15, -0.1) is 0 Å². The molecule has 1 aliphatic heterocycles. The number of nitrogens with zero attached hydrogens (tertiary/aromatic N) is 1. The first-order chi connectivity index (χ1) is 11.7. The van der Waals surface area contributed by atoms with E-state index in [1.165, 1.54) is 28.6 Å². The maximum atomic E-state index is 12.9. The molecule has 1 aromatic rings. The maximum Gasteiger partial charge on any atom is 0.223 e. The fourth-order valence-electron chi connectivity index (χ4n) is 2.79. The van der Waals surface area contributed by atoms with E-state index in [0.717, 1.165) is 0 Å². The number of amides is 1. The van der Waals surface area contributed by atoms with Gasteiger partial charge in [0, 0.05) is 25.0 Å². The Kier molecular flexibility index (Phi) is 6.57. The number of halogens is 1. The SMILES string of the molecule is CC(C)[C@H](C)NC(=O)C1CCN(S(=O)(=O)Cc2ccc(F)cc2)CC1. The Morgan fingerprint density at radius 2 is 1.76 bits per heavy atom. The minimum atomic E-state index is -3.46. The molecular weight excluding hydrogens is 343 g/mol. The monoisotopic (exact) mass is 370 g/mol. The zero-order chi connectivity index (χ0) is 18.6.